The Balaban J connectivity index is 2.14. The molecule has 0 aromatic heterocycles. The maximum atomic E-state index is 12.4. The van der Waals surface area contributed by atoms with Crippen LogP contribution < -0.4 is 9.64 Å². The van der Waals surface area contributed by atoms with Crippen LogP contribution in [-0.2, 0) is 9.59 Å². The monoisotopic (exact) mass is 290 g/mol. The lowest BCUT2D eigenvalue weighted by molar-refractivity contribution is -0.132. The molecule has 1 aliphatic rings. The summed E-state index contributed by atoms with van der Waals surface area (Å²) in [6, 6.07) is 7.32. The highest BCUT2D eigenvalue weighted by Gasteiger charge is 2.28. The first-order valence-corrected chi connectivity index (χ1v) is 7.47. The van der Waals surface area contributed by atoms with Crippen molar-refractivity contribution in [1.29, 1.82) is 0 Å². The summed E-state index contributed by atoms with van der Waals surface area (Å²) in [6.07, 6.45) is 1.83. The molecule has 0 saturated carbocycles. The van der Waals surface area contributed by atoms with Crippen LogP contribution in [0.1, 0.15) is 26.7 Å². The van der Waals surface area contributed by atoms with Crippen molar-refractivity contribution >= 4 is 17.5 Å². The van der Waals surface area contributed by atoms with E-state index in [4.69, 9.17) is 4.74 Å². The van der Waals surface area contributed by atoms with E-state index in [1.807, 2.05) is 43.0 Å². The average molecular weight is 290 g/mol. The number of fused-ring (bicyclic) bond motifs is 1. The van der Waals surface area contributed by atoms with Gasteiger partial charge in [0.2, 0.25) is 5.91 Å². The van der Waals surface area contributed by atoms with Gasteiger partial charge in [0.1, 0.15) is 12.3 Å². The molecule has 114 valence electrons. The van der Waals surface area contributed by atoms with Crippen LogP contribution in [0.2, 0.25) is 0 Å². The van der Waals surface area contributed by atoms with Crippen LogP contribution in [-0.4, -0.2) is 43.0 Å². The predicted molar refractivity (Wildman–Crippen MR) is 81.5 cm³/mol. The van der Waals surface area contributed by atoms with Gasteiger partial charge in [0.15, 0.2) is 6.61 Å². The number of amides is 2. The molecule has 5 nitrogen and oxygen atoms in total. The van der Waals surface area contributed by atoms with Crippen molar-refractivity contribution in [1.82, 2.24) is 4.90 Å². The zero-order chi connectivity index (χ0) is 15.2. The molecule has 0 spiro atoms. The molecule has 1 aliphatic heterocycles. The molecule has 2 rings (SSSR count). The van der Waals surface area contributed by atoms with Crippen molar-refractivity contribution in [2.24, 2.45) is 0 Å². The quantitative estimate of drug-likeness (QED) is 0.806. The highest BCUT2D eigenvalue weighted by atomic mass is 16.5. The van der Waals surface area contributed by atoms with Gasteiger partial charge in [-0.15, -0.1) is 0 Å². The maximum Gasteiger partial charge on any atom is 0.265 e. The fourth-order valence-corrected chi connectivity index (χ4v) is 2.46. The Morgan fingerprint density at radius 1 is 1.24 bits per heavy atom. The van der Waals surface area contributed by atoms with Crippen molar-refractivity contribution in [3.05, 3.63) is 24.3 Å². The maximum absolute atomic E-state index is 12.4. The minimum Gasteiger partial charge on any atom is -0.482 e. The number of hydrogen-bond acceptors (Lipinski definition) is 3. The molecule has 0 aliphatic carbocycles. The Labute approximate surface area is 125 Å². The third kappa shape index (κ3) is 3.54. The van der Waals surface area contributed by atoms with Crippen LogP contribution >= 0.6 is 0 Å². The van der Waals surface area contributed by atoms with E-state index >= 15 is 0 Å². The molecule has 5 heteroatoms. The molecule has 1 aromatic carbocycles. The lowest BCUT2D eigenvalue weighted by atomic mass is 10.2. The van der Waals surface area contributed by atoms with Gasteiger partial charge in [-0.25, -0.2) is 0 Å². The number of anilines is 1. The topological polar surface area (TPSA) is 49.9 Å². The minimum atomic E-state index is -0.171. The van der Waals surface area contributed by atoms with Crippen molar-refractivity contribution in [3.8, 4) is 5.75 Å². The first-order valence-electron chi connectivity index (χ1n) is 7.47. The fraction of sp³-hybridized carbons (Fsp3) is 0.500. The number of para-hydroxylation sites is 2. The van der Waals surface area contributed by atoms with Crippen LogP contribution in [0.5, 0.6) is 5.75 Å². The first-order chi connectivity index (χ1) is 10.2. The van der Waals surface area contributed by atoms with Gasteiger partial charge < -0.3 is 9.64 Å². The van der Waals surface area contributed by atoms with Gasteiger partial charge in [-0.2, -0.15) is 0 Å². The summed E-state index contributed by atoms with van der Waals surface area (Å²) >= 11 is 0. The number of hydrogen-bond donors (Lipinski definition) is 0. The van der Waals surface area contributed by atoms with E-state index in [1.165, 1.54) is 4.90 Å². The molecule has 0 bridgehead atoms. The Bertz CT molecular complexity index is 510. The molecule has 0 radical (unpaired) electrons. The van der Waals surface area contributed by atoms with E-state index < -0.39 is 0 Å². The number of carbonyl (C=O) groups excluding carboxylic acids is 2. The van der Waals surface area contributed by atoms with Crippen LogP contribution in [0.4, 0.5) is 5.69 Å². The minimum absolute atomic E-state index is 0.00809. The summed E-state index contributed by atoms with van der Waals surface area (Å²) in [4.78, 5) is 27.9. The van der Waals surface area contributed by atoms with Crippen molar-refractivity contribution < 1.29 is 14.3 Å². The molecule has 0 atom stereocenters. The van der Waals surface area contributed by atoms with Gasteiger partial charge in [-0.1, -0.05) is 26.0 Å². The number of nitrogens with zero attached hydrogens (tertiary/aromatic N) is 2. The van der Waals surface area contributed by atoms with E-state index in [0.29, 0.717) is 11.4 Å². The predicted octanol–water partition coefficient (Wildman–Crippen LogP) is 2.06. The summed E-state index contributed by atoms with van der Waals surface area (Å²) in [5.41, 5.74) is 0.676. The van der Waals surface area contributed by atoms with Gasteiger partial charge >= 0.3 is 0 Å². The lowest BCUT2D eigenvalue weighted by Crippen LogP contribution is -2.46. The van der Waals surface area contributed by atoms with E-state index in [-0.39, 0.29) is 25.0 Å². The van der Waals surface area contributed by atoms with Gasteiger partial charge in [0.25, 0.3) is 5.91 Å². The summed E-state index contributed by atoms with van der Waals surface area (Å²) in [7, 11) is 0. The number of rotatable bonds is 6. The Morgan fingerprint density at radius 2 is 1.90 bits per heavy atom. The normalized spacial score (nSPS) is 13.6. The first kappa shape index (κ1) is 15.4. The van der Waals surface area contributed by atoms with Crippen LogP contribution in [0.3, 0.4) is 0 Å². The second-order valence-corrected chi connectivity index (χ2v) is 5.12. The number of benzene rings is 1. The van der Waals surface area contributed by atoms with Crippen molar-refractivity contribution in [2.75, 3.05) is 31.1 Å². The lowest BCUT2D eigenvalue weighted by Gasteiger charge is -2.31. The van der Waals surface area contributed by atoms with Gasteiger partial charge in [-0.3, -0.25) is 14.5 Å². The van der Waals surface area contributed by atoms with Crippen LogP contribution in [0.25, 0.3) is 0 Å². The van der Waals surface area contributed by atoms with Gasteiger partial charge in [0.05, 0.1) is 5.69 Å². The Hall–Kier alpha value is -2.04. The molecule has 0 N–H and O–H groups in total. The van der Waals surface area contributed by atoms with E-state index in [0.717, 1.165) is 25.9 Å². The van der Waals surface area contributed by atoms with Crippen LogP contribution in [0, 0.1) is 0 Å². The molecule has 1 aromatic rings. The summed E-state index contributed by atoms with van der Waals surface area (Å²) < 4.78 is 5.39. The zero-order valence-corrected chi connectivity index (χ0v) is 12.7. The summed E-state index contributed by atoms with van der Waals surface area (Å²) in [5, 5.41) is 0. The second kappa shape index (κ2) is 7.11. The molecule has 1 heterocycles. The van der Waals surface area contributed by atoms with Crippen molar-refractivity contribution in [2.45, 2.75) is 26.7 Å². The molecule has 0 unspecified atom stereocenters. The number of carbonyl (C=O) groups is 2. The van der Waals surface area contributed by atoms with E-state index in [9.17, 15) is 9.59 Å². The highest BCUT2D eigenvalue weighted by molar-refractivity contribution is 6.02. The largest absolute Gasteiger partial charge is 0.482 e. The van der Waals surface area contributed by atoms with Crippen LogP contribution in [0.15, 0.2) is 24.3 Å². The van der Waals surface area contributed by atoms with Crippen molar-refractivity contribution in [3.63, 3.8) is 0 Å². The van der Waals surface area contributed by atoms with Gasteiger partial charge in [-0.05, 0) is 25.0 Å². The summed E-state index contributed by atoms with van der Waals surface area (Å²) in [6.45, 7) is 5.63. The third-order valence-corrected chi connectivity index (χ3v) is 3.44. The fourth-order valence-electron chi connectivity index (χ4n) is 2.46. The second-order valence-electron chi connectivity index (χ2n) is 5.12. The number of ether oxygens (including phenoxy) is 1. The molecular formula is C16H22N2O3. The molecule has 21 heavy (non-hydrogen) atoms. The van der Waals surface area contributed by atoms with E-state index in [2.05, 4.69) is 0 Å². The third-order valence-electron chi connectivity index (χ3n) is 3.44. The molecule has 0 fully saturated rings. The zero-order valence-electron chi connectivity index (χ0n) is 12.7. The summed E-state index contributed by atoms with van der Waals surface area (Å²) in [5.74, 6) is 0.473. The molecule has 2 amide bonds. The smallest absolute Gasteiger partial charge is 0.265 e. The van der Waals surface area contributed by atoms with E-state index in [1.54, 1.807) is 0 Å². The SMILES string of the molecule is CCCN(CCC)C(=O)CN1C(=O)COc2ccccc21. The molecular weight excluding hydrogens is 268 g/mol. The Kier molecular flexibility index (Phi) is 5.20. The highest BCUT2D eigenvalue weighted by Crippen LogP contribution is 2.31. The Morgan fingerprint density at radius 3 is 2.57 bits per heavy atom. The van der Waals surface area contributed by atoms with Gasteiger partial charge in [0, 0.05) is 13.1 Å². The average Bonchev–Trinajstić information content (AvgIpc) is 2.50. The molecule has 0 saturated heterocycles. The standard InChI is InChI=1S/C16H22N2O3/c1-3-9-17(10-4-2)15(19)11-18-13-7-5-6-8-14(13)21-12-16(18)20/h5-8H,3-4,9-12H2,1-2H3.